The van der Waals surface area contributed by atoms with Crippen LogP contribution in [0.2, 0.25) is 0 Å². The lowest BCUT2D eigenvalue weighted by molar-refractivity contribution is -0.167. The number of hydrogen-bond donors (Lipinski definition) is 0. The number of ether oxygens (including phenoxy) is 3. The zero-order valence-electron chi connectivity index (χ0n) is 42.1. The molecule has 0 fully saturated rings. The molecule has 0 aliphatic rings. The molecule has 0 heterocycles. The summed E-state index contributed by atoms with van der Waals surface area (Å²) in [6, 6.07) is 0. The first-order valence-electron chi connectivity index (χ1n) is 26.2. The summed E-state index contributed by atoms with van der Waals surface area (Å²) >= 11 is 0. The molecule has 0 aliphatic carbocycles. The minimum absolute atomic E-state index is 0.120. The molecule has 0 saturated carbocycles. The van der Waals surface area contributed by atoms with Crippen LogP contribution in [0, 0.1) is 0 Å². The molecule has 0 spiro atoms. The topological polar surface area (TPSA) is 78.9 Å². The normalized spacial score (nSPS) is 13.2. The molecular weight excluding hydrogens is 817 g/mol. The van der Waals surface area contributed by atoms with Gasteiger partial charge in [0.05, 0.1) is 0 Å². The minimum Gasteiger partial charge on any atom is -0.462 e. The highest BCUT2D eigenvalue weighted by molar-refractivity contribution is 5.71. The van der Waals surface area contributed by atoms with E-state index in [0.29, 0.717) is 25.7 Å². The number of carbonyl (C=O) groups excluding carboxylic acids is 3. The lowest BCUT2D eigenvalue weighted by atomic mass is 10.1. The second kappa shape index (κ2) is 53.2. The van der Waals surface area contributed by atoms with Crippen LogP contribution in [-0.4, -0.2) is 37.2 Å². The molecule has 0 saturated heterocycles. The standard InChI is InChI=1S/C60H94O6/c1-4-7-10-13-16-19-22-25-27-29-30-32-33-35-38-41-44-47-50-53-59(62)65-56-57(55-64-58(61)52-49-46-43-40-37-24-21-18-15-12-9-6-3)66-60(63)54-51-48-45-42-39-36-34-31-28-26-23-20-17-14-11-8-5-2/h7-12,16-21,25-28,34,36-37,40,42,45,57H,4-6,13-15,22-24,29-33,35,38-39,41,43-44,46-56H2,1-3H3/b10-7-,11-8-,12-9-,19-16-,20-17-,21-18-,27-25-,28-26-,36-34-,40-37-,45-42-. The molecule has 0 rings (SSSR count). The second-order valence-electron chi connectivity index (χ2n) is 16.6. The Morgan fingerprint density at radius 3 is 0.924 bits per heavy atom. The Labute approximate surface area is 405 Å². The predicted octanol–water partition coefficient (Wildman–Crippen LogP) is 17.5. The summed E-state index contributed by atoms with van der Waals surface area (Å²) in [5, 5.41) is 0. The van der Waals surface area contributed by atoms with Gasteiger partial charge in [0.25, 0.3) is 0 Å². The Bertz CT molecular complexity index is 1460. The summed E-state index contributed by atoms with van der Waals surface area (Å²) < 4.78 is 16.7. The molecule has 370 valence electrons. The fourth-order valence-electron chi connectivity index (χ4n) is 6.56. The Kier molecular flexibility index (Phi) is 49.6. The average Bonchev–Trinajstić information content (AvgIpc) is 3.31. The molecule has 0 N–H and O–H groups in total. The SMILES string of the molecule is CC/C=C\C/C=C\C/C=C\C/C=C\C/C=C\CCCC(=O)OC(COC(=O)CCCC/C=C\C/C=C\C/C=C\CC)COC(=O)CCCCCCCCCCC/C=C\C/C=C\C/C=C\CC. The van der Waals surface area contributed by atoms with E-state index in [0.717, 1.165) is 116 Å². The van der Waals surface area contributed by atoms with Gasteiger partial charge in [0.15, 0.2) is 6.10 Å². The molecular formula is C60H94O6. The number of unbranched alkanes of at least 4 members (excludes halogenated alkanes) is 12. The van der Waals surface area contributed by atoms with Gasteiger partial charge in [-0.15, -0.1) is 0 Å². The monoisotopic (exact) mass is 911 g/mol. The van der Waals surface area contributed by atoms with E-state index >= 15 is 0 Å². The third-order valence-corrected chi connectivity index (χ3v) is 10.4. The number of esters is 3. The maximum absolute atomic E-state index is 12.8. The number of rotatable bonds is 45. The van der Waals surface area contributed by atoms with Crippen molar-refractivity contribution in [3.05, 3.63) is 134 Å². The van der Waals surface area contributed by atoms with E-state index in [1.165, 1.54) is 38.5 Å². The summed E-state index contributed by atoms with van der Waals surface area (Å²) in [4.78, 5) is 38.0. The van der Waals surface area contributed by atoms with Gasteiger partial charge in [-0.05, 0) is 122 Å². The van der Waals surface area contributed by atoms with Gasteiger partial charge in [0, 0.05) is 19.3 Å². The van der Waals surface area contributed by atoms with Crippen LogP contribution in [-0.2, 0) is 28.6 Å². The lowest BCUT2D eigenvalue weighted by Crippen LogP contribution is -2.30. The van der Waals surface area contributed by atoms with E-state index in [1.807, 2.05) is 0 Å². The fourth-order valence-corrected chi connectivity index (χ4v) is 6.56. The van der Waals surface area contributed by atoms with Crippen LogP contribution in [0.5, 0.6) is 0 Å². The van der Waals surface area contributed by atoms with Crippen molar-refractivity contribution in [1.29, 1.82) is 0 Å². The molecule has 0 aliphatic heterocycles. The molecule has 6 heteroatoms. The van der Waals surface area contributed by atoms with Crippen molar-refractivity contribution >= 4 is 17.9 Å². The summed E-state index contributed by atoms with van der Waals surface area (Å²) in [5.41, 5.74) is 0. The Hall–Kier alpha value is -4.45. The van der Waals surface area contributed by atoms with E-state index in [-0.39, 0.29) is 37.5 Å². The number of hydrogen-bond acceptors (Lipinski definition) is 6. The first-order valence-corrected chi connectivity index (χ1v) is 26.2. The van der Waals surface area contributed by atoms with Gasteiger partial charge in [-0.1, -0.05) is 199 Å². The van der Waals surface area contributed by atoms with Crippen LogP contribution in [0.3, 0.4) is 0 Å². The molecule has 0 radical (unpaired) electrons. The van der Waals surface area contributed by atoms with E-state index in [9.17, 15) is 14.4 Å². The molecule has 0 amide bonds. The van der Waals surface area contributed by atoms with Crippen LogP contribution < -0.4 is 0 Å². The van der Waals surface area contributed by atoms with E-state index < -0.39 is 6.10 Å². The molecule has 6 nitrogen and oxygen atoms in total. The van der Waals surface area contributed by atoms with Crippen molar-refractivity contribution < 1.29 is 28.6 Å². The summed E-state index contributed by atoms with van der Waals surface area (Å²) in [6.45, 7) is 6.19. The summed E-state index contributed by atoms with van der Waals surface area (Å²) in [6.07, 6.45) is 74.5. The Morgan fingerprint density at radius 1 is 0.303 bits per heavy atom. The fraction of sp³-hybridized carbons (Fsp3) is 0.583. The van der Waals surface area contributed by atoms with Crippen LogP contribution in [0.25, 0.3) is 0 Å². The second-order valence-corrected chi connectivity index (χ2v) is 16.6. The molecule has 1 unspecified atom stereocenters. The van der Waals surface area contributed by atoms with Gasteiger partial charge in [-0.3, -0.25) is 14.4 Å². The van der Waals surface area contributed by atoms with Crippen molar-refractivity contribution in [2.24, 2.45) is 0 Å². The minimum atomic E-state index is -0.830. The van der Waals surface area contributed by atoms with Crippen LogP contribution >= 0.6 is 0 Å². The maximum atomic E-state index is 12.8. The summed E-state index contributed by atoms with van der Waals surface area (Å²) in [5.74, 6) is -1.04. The molecule has 1 atom stereocenters. The Balaban J connectivity index is 4.52. The maximum Gasteiger partial charge on any atom is 0.306 e. The van der Waals surface area contributed by atoms with Crippen molar-refractivity contribution in [3.63, 3.8) is 0 Å². The smallest absolute Gasteiger partial charge is 0.306 e. The first kappa shape index (κ1) is 61.5. The third kappa shape index (κ3) is 50.5. The van der Waals surface area contributed by atoms with Gasteiger partial charge in [0.2, 0.25) is 0 Å². The average molecular weight is 911 g/mol. The van der Waals surface area contributed by atoms with E-state index in [2.05, 4.69) is 154 Å². The summed E-state index contributed by atoms with van der Waals surface area (Å²) in [7, 11) is 0. The zero-order valence-corrected chi connectivity index (χ0v) is 42.1. The molecule has 66 heavy (non-hydrogen) atoms. The van der Waals surface area contributed by atoms with E-state index in [4.69, 9.17) is 14.2 Å². The van der Waals surface area contributed by atoms with Crippen molar-refractivity contribution in [3.8, 4) is 0 Å². The lowest BCUT2D eigenvalue weighted by Gasteiger charge is -2.18. The largest absolute Gasteiger partial charge is 0.462 e. The van der Waals surface area contributed by atoms with Gasteiger partial charge >= 0.3 is 17.9 Å². The number of carbonyl (C=O) groups is 3. The predicted molar refractivity (Wildman–Crippen MR) is 283 cm³/mol. The van der Waals surface area contributed by atoms with Gasteiger partial charge in [0.1, 0.15) is 13.2 Å². The highest BCUT2D eigenvalue weighted by atomic mass is 16.6. The Morgan fingerprint density at radius 2 is 0.561 bits per heavy atom. The van der Waals surface area contributed by atoms with Crippen molar-refractivity contribution in [2.75, 3.05) is 13.2 Å². The third-order valence-electron chi connectivity index (χ3n) is 10.4. The first-order chi connectivity index (χ1) is 32.5. The number of allylic oxidation sites excluding steroid dienone is 22. The van der Waals surface area contributed by atoms with Gasteiger partial charge in [-0.2, -0.15) is 0 Å². The highest BCUT2D eigenvalue weighted by Crippen LogP contribution is 2.13. The molecule has 0 aromatic carbocycles. The van der Waals surface area contributed by atoms with Crippen LogP contribution in [0.1, 0.15) is 207 Å². The quantitative estimate of drug-likeness (QED) is 0.0262. The van der Waals surface area contributed by atoms with Crippen molar-refractivity contribution in [2.45, 2.75) is 213 Å². The molecule has 0 aromatic rings. The van der Waals surface area contributed by atoms with Crippen LogP contribution in [0.4, 0.5) is 0 Å². The highest BCUT2D eigenvalue weighted by Gasteiger charge is 2.19. The zero-order chi connectivity index (χ0) is 47.9. The molecule has 0 bridgehead atoms. The van der Waals surface area contributed by atoms with Gasteiger partial charge in [-0.25, -0.2) is 0 Å². The van der Waals surface area contributed by atoms with Crippen molar-refractivity contribution in [1.82, 2.24) is 0 Å². The van der Waals surface area contributed by atoms with Crippen LogP contribution in [0.15, 0.2) is 134 Å². The van der Waals surface area contributed by atoms with E-state index in [1.54, 1.807) is 0 Å². The van der Waals surface area contributed by atoms with Gasteiger partial charge < -0.3 is 14.2 Å². The molecule has 0 aromatic heterocycles.